The average Bonchev–Trinajstić information content (AvgIpc) is 3.16. The van der Waals surface area contributed by atoms with Crippen LogP contribution in [0.25, 0.3) is 20.4 Å². The molecule has 0 radical (unpaired) electrons. The third-order valence-corrected chi connectivity index (χ3v) is 5.60. The number of hydrogen-bond acceptors (Lipinski definition) is 7. The van der Waals surface area contributed by atoms with Crippen LogP contribution in [0.4, 0.5) is 10.8 Å². The van der Waals surface area contributed by atoms with Gasteiger partial charge in [-0.25, -0.2) is 9.97 Å². The number of methoxy groups -OCH3 is 2. The Bertz CT molecular complexity index is 1040. The number of fused-ring (bicyclic) bond motifs is 3. The van der Waals surface area contributed by atoms with Crippen molar-refractivity contribution >= 4 is 53.9 Å². The van der Waals surface area contributed by atoms with Crippen LogP contribution in [0.15, 0.2) is 30.3 Å². The largest absolute Gasteiger partial charge is 0.497 e. The van der Waals surface area contributed by atoms with Crippen molar-refractivity contribution in [2.75, 3.05) is 19.5 Å². The minimum atomic E-state index is 0.744. The summed E-state index contributed by atoms with van der Waals surface area (Å²) in [6.45, 7) is 2.02. The second-order valence-electron chi connectivity index (χ2n) is 5.20. The van der Waals surface area contributed by atoms with E-state index in [0.29, 0.717) is 0 Å². The molecule has 0 aliphatic rings. The predicted molar refractivity (Wildman–Crippen MR) is 100 cm³/mol. The number of hydrogen-bond donors (Lipinski definition) is 1. The van der Waals surface area contributed by atoms with Crippen molar-refractivity contribution in [3.05, 3.63) is 35.3 Å². The molecule has 0 aliphatic heterocycles. The quantitative estimate of drug-likeness (QED) is 0.558. The van der Waals surface area contributed by atoms with Crippen LogP contribution in [0, 0.1) is 6.92 Å². The Morgan fingerprint density at radius 1 is 1.00 bits per heavy atom. The summed E-state index contributed by atoms with van der Waals surface area (Å²) in [5.41, 5.74) is 2.82. The highest BCUT2D eigenvalue weighted by atomic mass is 32.1. The van der Waals surface area contributed by atoms with E-state index < -0.39 is 0 Å². The van der Waals surface area contributed by atoms with E-state index in [0.717, 1.165) is 47.8 Å². The van der Waals surface area contributed by atoms with Crippen LogP contribution < -0.4 is 14.8 Å². The molecule has 24 heavy (non-hydrogen) atoms. The number of aryl methyl sites for hydroxylation is 1. The summed E-state index contributed by atoms with van der Waals surface area (Å²) >= 11 is 3.28. The lowest BCUT2D eigenvalue weighted by molar-refractivity contribution is 0.405. The van der Waals surface area contributed by atoms with Crippen molar-refractivity contribution in [2.24, 2.45) is 0 Å². The Hall–Kier alpha value is -2.38. The molecule has 2 heterocycles. The zero-order valence-corrected chi connectivity index (χ0v) is 15.0. The van der Waals surface area contributed by atoms with Crippen LogP contribution in [0.5, 0.6) is 11.5 Å². The highest BCUT2D eigenvalue weighted by molar-refractivity contribution is 7.24. The standard InChI is InChI=1S/C17H15N3O2S2/c1-9-18-11-5-7-14-15(16(11)23-9)20-17(24-14)19-12-8-10(21-2)4-6-13(12)22-3/h4-8H,1-3H3,(H,19,20). The summed E-state index contributed by atoms with van der Waals surface area (Å²) < 4.78 is 13.0. The fourth-order valence-electron chi connectivity index (χ4n) is 2.57. The van der Waals surface area contributed by atoms with E-state index in [-0.39, 0.29) is 0 Å². The monoisotopic (exact) mass is 357 g/mol. The molecule has 0 amide bonds. The number of rotatable bonds is 4. The molecule has 0 fully saturated rings. The van der Waals surface area contributed by atoms with Crippen molar-refractivity contribution in [1.29, 1.82) is 0 Å². The molecule has 0 unspecified atom stereocenters. The third kappa shape index (κ3) is 2.55. The lowest BCUT2D eigenvalue weighted by Gasteiger charge is -2.10. The summed E-state index contributed by atoms with van der Waals surface area (Å²) in [7, 11) is 3.29. The van der Waals surface area contributed by atoms with Gasteiger partial charge in [0.1, 0.15) is 17.0 Å². The number of ether oxygens (including phenoxy) is 2. The molecule has 4 rings (SSSR count). The second kappa shape index (κ2) is 5.92. The van der Waals surface area contributed by atoms with Crippen LogP contribution in [0.1, 0.15) is 5.01 Å². The number of aromatic nitrogens is 2. The molecule has 0 saturated heterocycles. The lowest BCUT2D eigenvalue weighted by Crippen LogP contribution is -1.95. The van der Waals surface area contributed by atoms with Gasteiger partial charge in [-0.1, -0.05) is 11.3 Å². The minimum Gasteiger partial charge on any atom is -0.497 e. The first-order valence-corrected chi connectivity index (χ1v) is 8.97. The van der Waals surface area contributed by atoms with Gasteiger partial charge in [0.2, 0.25) is 0 Å². The van der Waals surface area contributed by atoms with Gasteiger partial charge in [-0.3, -0.25) is 0 Å². The van der Waals surface area contributed by atoms with E-state index in [1.807, 2.05) is 25.1 Å². The van der Waals surface area contributed by atoms with Gasteiger partial charge >= 0.3 is 0 Å². The highest BCUT2D eigenvalue weighted by Gasteiger charge is 2.13. The van der Waals surface area contributed by atoms with Gasteiger partial charge in [0.25, 0.3) is 0 Å². The molecule has 5 nitrogen and oxygen atoms in total. The first kappa shape index (κ1) is 15.2. The maximum Gasteiger partial charge on any atom is 0.188 e. The Labute approximate surface area is 146 Å². The van der Waals surface area contributed by atoms with Crippen molar-refractivity contribution < 1.29 is 9.47 Å². The highest BCUT2D eigenvalue weighted by Crippen LogP contribution is 2.37. The van der Waals surface area contributed by atoms with Crippen LogP contribution in [-0.2, 0) is 0 Å². The fourth-order valence-corrected chi connectivity index (χ4v) is 4.43. The molecule has 122 valence electrons. The van der Waals surface area contributed by atoms with Gasteiger partial charge in [-0.15, -0.1) is 11.3 Å². The van der Waals surface area contributed by atoms with E-state index in [2.05, 4.69) is 22.4 Å². The summed E-state index contributed by atoms with van der Waals surface area (Å²) in [6.07, 6.45) is 0. The van der Waals surface area contributed by atoms with Crippen molar-refractivity contribution in [2.45, 2.75) is 6.92 Å². The average molecular weight is 357 g/mol. The molecule has 0 saturated carbocycles. The summed E-state index contributed by atoms with van der Waals surface area (Å²) in [5.74, 6) is 1.51. The Kier molecular flexibility index (Phi) is 3.74. The number of nitrogens with zero attached hydrogens (tertiary/aromatic N) is 2. The molecule has 1 N–H and O–H groups in total. The Balaban J connectivity index is 1.79. The van der Waals surface area contributed by atoms with Gasteiger partial charge in [0.05, 0.1) is 39.8 Å². The molecule has 0 atom stereocenters. The molecule has 2 aromatic heterocycles. The molecule has 7 heteroatoms. The van der Waals surface area contributed by atoms with Crippen molar-refractivity contribution in [3.63, 3.8) is 0 Å². The predicted octanol–water partition coefficient (Wildman–Crippen LogP) is 4.98. The molecular formula is C17H15N3O2S2. The van der Waals surface area contributed by atoms with Crippen molar-refractivity contribution in [3.8, 4) is 11.5 Å². The normalized spacial score (nSPS) is 11.1. The summed E-state index contributed by atoms with van der Waals surface area (Å²) in [6, 6.07) is 9.76. The van der Waals surface area contributed by atoms with Crippen LogP contribution >= 0.6 is 22.7 Å². The van der Waals surface area contributed by atoms with E-state index in [1.165, 1.54) is 0 Å². The summed E-state index contributed by atoms with van der Waals surface area (Å²) in [5, 5.41) is 5.21. The van der Waals surface area contributed by atoms with Gasteiger partial charge in [0.15, 0.2) is 5.13 Å². The van der Waals surface area contributed by atoms with Crippen LogP contribution in [-0.4, -0.2) is 24.2 Å². The minimum absolute atomic E-state index is 0.744. The Morgan fingerprint density at radius 2 is 1.88 bits per heavy atom. The SMILES string of the molecule is COc1ccc(OC)c(Nc2nc3c(ccc4nc(C)sc43)s2)c1. The maximum absolute atomic E-state index is 5.42. The van der Waals surface area contributed by atoms with E-state index in [1.54, 1.807) is 36.9 Å². The number of thiazole rings is 2. The molecule has 4 aromatic rings. The van der Waals surface area contributed by atoms with E-state index in [4.69, 9.17) is 14.5 Å². The molecule has 2 aromatic carbocycles. The van der Waals surface area contributed by atoms with Gasteiger partial charge < -0.3 is 14.8 Å². The Morgan fingerprint density at radius 3 is 2.67 bits per heavy atom. The van der Waals surface area contributed by atoms with Crippen LogP contribution in [0.3, 0.4) is 0 Å². The first-order chi connectivity index (χ1) is 11.7. The lowest BCUT2D eigenvalue weighted by atomic mass is 10.2. The number of anilines is 2. The van der Waals surface area contributed by atoms with Gasteiger partial charge in [-0.05, 0) is 31.2 Å². The first-order valence-electron chi connectivity index (χ1n) is 7.33. The summed E-state index contributed by atoms with van der Waals surface area (Å²) in [4.78, 5) is 9.29. The van der Waals surface area contributed by atoms with E-state index in [9.17, 15) is 0 Å². The third-order valence-electron chi connectivity index (χ3n) is 3.67. The number of nitrogens with one attached hydrogen (secondary N) is 1. The fraction of sp³-hybridized carbons (Fsp3) is 0.176. The van der Waals surface area contributed by atoms with Gasteiger partial charge in [-0.2, -0.15) is 0 Å². The maximum atomic E-state index is 5.42. The molecular weight excluding hydrogens is 342 g/mol. The van der Waals surface area contributed by atoms with Crippen LogP contribution in [0.2, 0.25) is 0 Å². The topological polar surface area (TPSA) is 56.3 Å². The smallest absolute Gasteiger partial charge is 0.188 e. The zero-order chi connectivity index (χ0) is 16.7. The second-order valence-corrected chi connectivity index (χ2v) is 7.44. The number of benzene rings is 2. The molecule has 0 aliphatic carbocycles. The van der Waals surface area contributed by atoms with E-state index >= 15 is 0 Å². The van der Waals surface area contributed by atoms with Crippen molar-refractivity contribution in [1.82, 2.24) is 9.97 Å². The zero-order valence-electron chi connectivity index (χ0n) is 13.4. The molecule has 0 bridgehead atoms. The van der Waals surface area contributed by atoms with Gasteiger partial charge in [0, 0.05) is 6.07 Å². The molecule has 0 spiro atoms.